The Morgan fingerprint density at radius 1 is 1.50 bits per heavy atom. The van der Waals surface area contributed by atoms with Gasteiger partial charge in [0, 0.05) is 6.54 Å². The molecule has 3 N–H and O–H groups in total. The number of thioether (sulfide) groups is 1. The lowest BCUT2D eigenvalue weighted by Crippen LogP contribution is -2.46. The third-order valence-corrected chi connectivity index (χ3v) is 4.08. The molecule has 18 heavy (non-hydrogen) atoms. The van der Waals surface area contributed by atoms with Crippen molar-refractivity contribution in [2.75, 3.05) is 18.6 Å². The van der Waals surface area contributed by atoms with Crippen molar-refractivity contribution in [3.05, 3.63) is 0 Å². The standard InChI is InChI=1S/C12H22N2O3S/c1-12(2)6-8(12)7-13-11(17)14-9(10(15)16)4-5-18-3/h8-9H,4-7H2,1-3H3,(H,15,16)(H2,13,14,17). The number of carbonyl (C=O) groups excluding carboxylic acids is 1. The van der Waals surface area contributed by atoms with E-state index >= 15 is 0 Å². The van der Waals surface area contributed by atoms with Gasteiger partial charge in [0.25, 0.3) is 0 Å². The minimum atomic E-state index is -0.981. The van der Waals surface area contributed by atoms with E-state index in [1.54, 1.807) is 11.8 Å². The van der Waals surface area contributed by atoms with Gasteiger partial charge >= 0.3 is 12.0 Å². The van der Waals surface area contributed by atoms with Gasteiger partial charge in [0.15, 0.2) is 0 Å². The van der Waals surface area contributed by atoms with Crippen molar-refractivity contribution in [3.63, 3.8) is 0 Å². The first kappa shape index (κ1) is 15.1. The maximum Gasteiger partial charge on any atom is 0.326 e. The van der Waals surface area contributed by atoms with Crippen LogP contribution in [0.15, 0.2) is 0 Å². The summed E-state index contributed by atoms with van der Waals surface area (Å²) in [4.78, 5) is 22.5. The zero-order valence-electron chi connectivity index (χ0n) is 11.2. The van der Waals surface area contributed by atoms with E-state index in [4.69, 9.17) is 5.11 Å². The average molecular weight is 274 g/mol. The lowest BCUT2D eigenvalue weighted by Gasteiger charge is -2.14. The number of hydrogen-bond donors (Lipinski definition) is 3. The first-order valence-electron chi connectivity index (χ1n) is 6.13. The van der Waals surface area contributed by atoms with Crippen molar-refractivity contribution in [1.29, 1.82) is 0 Å². The van der Waals surface area contributed by atoms with Crippen molar-refractivity contribution < 1.29 is 14.7 Å². The molecule has 5 nitrogen and oxygen atoms in total. The molecule has 0 aromatic rings. The van der Waals surface area contributed by atoms with Gasteiger partial charge in [-0.05, 0) is 36.2 Å². The number of aliphatic carboxylic acids is 1. The van der Waals surface area contributed by atoms with E-state index in [9.17, 15) is 9.59 Å². The molecule has 6 heteroatoms. The second-order valence-corrected chi connectivity index (χ2v) is 6.40. The van der Waals surface area contributed by atoms with Crippen LogP contribution in [-0.4, -0.2) is 41.7 Å². The quantitative estimate of drug-likeness (QED) is 0.658. The van der Waals surface area contributed by atoms with Crippen LogP contribution < -0.4 is 10.6 Å². The molecule has 1 rings (SSSR count). The molecule has 2 unspecified atom stereocenters. The van der Waals surface area contributed by atoms with Crippen LogP contribution in [0.2, 0.25) is 0 Å². The molecular weight excluding hydrogens is 252 g/mol. The second kappa shape index (κ2) is 6.31. The molecule has 1 aliphatic carbocycles. The topological polar surface area (TPSA) is 78.4 Å². The molecule has 104 valence electrons. The first-order chi connectivity index (χ1) is 8.36. The Balaban J connectivity index is 2.26. The molecule has 1 saturated carbocycles. The summed E-state index contributed by atoms with van der Waals surface area (Å²) in [5.41, 5.74) is 0.318. The number of carbonyl (C=O) groups is 2. The Bertz CT molecular complexity index is 320. The highest BCUT2D eigenvalue weighted by Crippen LogP contribution is 2.50. The highest BCUT2D eigenvalue weighted by Gasteiger charge is 2.45. The molecule has 0 aliphatic heterocycles. The van der Waals surface area contributed by atoms with E-state index in [-0.39, 0.29) is 6.03 Å². The molecule has 0 saturated heterocycles. The van der Waals surface area contributed by atoms with Crippen molar-refractivity contribution >= 4 is 23.8 Å². The fourth-order valence-corrected chi connectivity index (χ4v) is 2.31. The van der Waals surface area contributed by atoms with E-state index in [1.165, 1.54) is 0 Å². The van der Waals surface area contributed by atoms with Gasteiger partial charge in [0.1, 0.15) is 6.04 Å². The Kier molecular flexibility index (Phi) is 5.31. The summed E-state index contributed by atoms with van der Waals surface area (Å²) < 4.78 is 0. The summed E-state index contributed by atoms with van der Waals surface area (Å²) in [5, 5.41) is 14.2. The van der Waals surface area contributed by atoms with Crippen molar-refractivity contribution in [3.8, 4) is 0 Å². The van der Waals surface area contributed by atoms with Gasteiger partial charge in [-0.2, -0.15) is 11.8 Å². The van der Waals surface area contributed by atoms with E-state index in [2.05, 4.69) is 24.5 Å². The number of rotatable bonds is 7. The van der Waals surface area contributed by atoms with Crippen molar-refractivity contribution in [2.45, 2.75) is 32.7 Å². The van der Waals surface area contributed by atoms with Gasteiger partial charge in [0.05, 0.1) is 0 Å². The first-order valence-corrected chi connectivity index (χ1v) is 7.52. The van der Waals surface area contributed by atoms with Gasteiger partial charge in [-0.3, -0.25) is 0 Å². The normalized spacial score (nSPS) is 22.1. The molecule has 0 aromatic carbocycles. The lowest BCUT2D eigenvalue weighted by atomic mass is 10.1. The van der Waals surface area contributed by atoms with Crippen LogP contribution in [0.3, 0.4) is 0 Å². The molecule has 0 spiro atoms. The maximum atomic E-state index is 11.6. The van der Waals surface area contributed by atoms with Crippen LogP contribution in [0, 0.1) is 11.3 Å². The van der Waals surface area contributed by atoms with Crippen LogP contribution in [0.25, 0.3) is 0 Å². The van der Waals surface area contributed by atoms with Crippen molar-refractivity contribution in [1.82, 2.24) is 10.6 Å². The second-order valence-electron chi connectivity index (χ2n) is 5.42. The highest BCUT2D eigenvalue weighted by atomic mass is 32.2. The summed E-state index contributed by atoms with van der Waals surface area (Å²) in [6, 6.07) is -1.18. The third kappa shape index (κ3) is 4.76. The number of nitrogens with one attached hydrogen (secondary N) is 2. The average Bonchev–Trinajstić information content (AvgIpc) is 2.89. The molecule has 2 amide bonds. The third-order valence-electron chi connectivity index (χ3n) is 3.44. The van der Waals surface area contributed by atoms with Crippen LogP contribution >= 0.6 is 11.8 Å². The van der Waals surface area contributed by atoms with Gasteiger partial charge in [-0.25, -0.2) is 9.59 Å². The number of urea groups is 1. The van der Waals surface area contributed by atoms with Gasteiger partial charge in [-0.15, -0.1) is 0 Å². The molecule has 1 aliphatic rings. The smallest absolute Gasteiger partial charge is 0.326 e. The molecule has 1 fully saturated rings. The summed E-state index contributed by atoms with van der Waals surface area (Å²) in [6.45, 7) is 4.94. The van der Waals surface area contributed by atoms with E-state index in [1.807, 2.05) is 6.26 Å². The number of carboxylic acid groups (broad SMARTS) is 1. The van der Waals surface area contributed by atoms with E-state index in [0.29, 0.717) is 30.1 Å². The van der Waals surface area contributed by atoms with Gasteiger partial charge in [-0.1, -0.05) is 13.8 Å². The Morgan fingerprint density at radius 3 is 2.56 bits per heavy atom. The van der Waals surface area contributed by atoms with Crippen molar-refractivity contribution in [2.24, 2.45) is 11.3 Å². The lowest BCUT2D eigenvalue weighted by molar-refractivity contribution is -0.139. The monoisotopic (exact) mass is 274 g/mol. The zero-order chi connectivity index (χ0) is 13.8. The van der Waals surface area contributed by atoms with Gasteiger partial charge < -0.3 is 15.7 Å². The highest BCUT2D eigenvalue weighted by molar-refractivity contribution is 7.98. The molecule has 0 radical (unpaired) electrons. The van der Waals surface area contributed by atoms with Gasteiger partial charge in [0.2, 0.25) is 0 Å². The molecule has 0 heterocycles. The largest absolute Gasteiger partial charge is 0.480 e. The molecule has 2 atom stereocenters. The SMILES string of the molecule is CSCCC(NC(=O)NCC1CC1(C)C)C(=O)O. The predicted molar refractivity (Wildman–Crippen MR) is 72.8 cm³/mol. The Morgan fingerprint density at radius 2 is 2.11 bits per heavy atom. The number of hydrogen-bond acceptors (Lipinski definition) is 3. The zero-order valence-corrected chi connectivity index (χ0v) is 12.0. The fourth-order valence-electron chi connectivity index (χ4n) is 1.84. The number of amides is 2. The Labute approximate surface area is 112 Å². The molecule has 0 aromatic heterocycles. The summed E-state index contributed by atoms with van der Waals surface area (Å²) in [6.07, 6.45) is 3.47. The van der Waals surface area contributed by atoms with E-state index in [0.717, 1.165) is 6.42 Å². The number of carboxylic acids is 1. The summed E-state index contributed by atoms with van der Waals surface area (Å²) in [5.74, 6) is 0.246. The fraction of sp³-hybridized carbons (Fsp3) is 0.833. The Hall–Kier alpha value is -0.910. The predicted octanol–water partition coefficient (Wildman–Crippen LogP) is 1.54. The van der Waals surface area contributed by atoms with Crippen LogP contribution in [0.5, 0.6) is 0 Å². The minimum absolute atomic E-state index is 0.318. The van der Waals surface area contributed by atoms with Crippen LogP contribution in [-0.2, 0) is 4.79 Å². The summed E-state index contributed by atoms with van der Waals surface area (Å²) in [7, 11) is 0. The van der Waals surface area contributed by atoms with E-state index < -0.39 is 12.0 Å². The maximum absolute atomic E-state index is 11.6. The molecule has 0 bridgehead atoms. The van der Waals surface area contributed by atoms with Crippen LogP contribution in [0.4, 0.5) is 4.79 Å². The van der Waals surface area contributed by atoms with Crippen LogP contribution in [0.1, 0.15) is 26.7 Å². The molecular formula is C12H22N2O3S. The summed E-state index contributed by atoms with van der Waals surface area (Å²) >= 11 is 1.57. The minimum Gasteiger partial charge on any atom is -0.480 e.